The highest BCUT2D eigenvalue weighted by atomic mass is 32.2. The van der Waals surface area contributed by atoms with Gasteiger partial charge in [0.15, 0.2) is 5.17 Å². The molecule has 0 aliphatic carbocycles. The minimum absolute atomic E-state index is 0.183. The number of hydrogen-bond acceptors (Lipinski definition) is 4. The van der Waals surface area contributed by atoms with Crippen molar-refractivity contribution in [3.8, 4) is 0 Å². The molecule has 0 atom stereocenters. The summed E-state index contributed by atoms with van der Waals surface area (Å²) in [4.78, 5) is 28.7. The molecule has 1 heterocycles. The van der Waals surface area contributed by atoms with Gasteiger partial charge in [-0.2, -0.15) is 4.99 Å². The molecule has 27 heavy (non-hydrogen) atoms. The second-order valence-corrected chi connectivity index (χ2v) is 6.95. The number of hydrogen-bond donors (Lipinski definition) is 1. The number of primary amides is 1. The van der Waals surface area contributed by atoms with Crippen molar-refractivity contribution in [1.29, 1.82) is 0 Å². The maximum Gasteiger partial charge on any atom is 0.340 e. The van der Waals surface area contributed by atoms with Crippen molar-refractivity contribution in [1.82, 2.24) is 0 Å². The summed E-state index contributed by atoms with van der Waals surface area (Å²) < 4.78 is 19.0. The van der Waals surface area contributed by atoms with Crippen molar-refractivity contribution in [2.75, 3.05) is 10.7 Å². The molecule has 1 aliphatic rings. The molecule has 1 saturated heterocycles. The van der Waals surface area contributed by atoms with Crippen LogP contribution in [0.25, 0.3) is 0 Å². The number of ether oxygens (including phenoxy) is 1. The van der Waals surface area contributed by atoms with Crippen molar-refractivity contribution in [2.24, 2.45) is 10.7 Å². The molecule has 1 aliphatic heterocycles. The number of nitrogens with zero attached hydrogens (tertiary/aromatic N) is 2. The van der Waals surface area contributed by atoms with Gasteiger partial charge < -0.3 is 10.5 Å². The van der Waals surface area contributed by atoms with E-state index >= 15 is 0 Å². The average Bonchev–Trinajstić information content (AvgIpc) is 2.96. The van der Waals surface area contributed by atoms with Crippen molar-refractivity contribution in [3.05, 3.63) is 65.0 Å². The molecule has 0 aromatic heterocycles. The van der Waals surface area contributed by atoms with Crippen LogP contribution < -0.4 is 10.6 Å². The largest absolute Gasteiger partial charge is 0.372 e. The van der Waals surface area contributed by atoms with Crippen LogP contribution in [0.5, 0.6) is 0 Å². The van der Waals surface area contributed by atoms with Gasteiger partial charge in [0.2, 0.25) is 5.91 Å². The van der Waals surface area contributed by atoms with E-state index in [1.807, 2.05) is 25.1 Å². The van der Waals surface area contributed by atoms with Crippen molar-refractivity contribution < 1.29 is 18.7 Å². The molecular formula is C19H18FN3O3S. The van der Waals surface area contributed by atoms with Crippen LogP contribution >= 0.6 is 11.8 Å². The molecule has 0 unspecified atom stereocenters. The summed E-state index contributed by atoms with van der Waals surface area (Å²) in [7, 11) is 0. The van der Waals surface area contributed by atoms with Crippen LogP contribution in [-0.4, -0.2) is 22.9 Å². The molecule has 140 valence electrons. The Hall–Kier alpha value is -2.71. The summed E-state index contributed by atoms with van der Waals surface area (Å²) in [5.41, 5.74) is 8.17. The molecule has 2 N–H and O–H groups in total. The summed E-state index contributed by atoms with van der Waals surface area (Å²) in [6.07, 6.45) is 0. The van der Waals surface area contributed by atoms with E-state index in [0.29, 0.717) is 11.3 Å². The SMILES string of the molecule is Cc1ccc(COCc2cccc(F)c2)c(N2C(=O)CSC2=NC(N)=O)c1. The predicted octanol–water partition coefficient (Wildman–Crippen LogP) is 3.37. The molecule has 3 amide bonds. The number of urea groups is 1. The number of anilines is 1. The molecule has 1 fully saturated rings. The quantitative estimate of drug-likeness (QED) is 0.852. The molecule has 0 radical (unpaired) electrons. The first-order chi connectivity index (χ1) is 12.9. The predicted molar refractivity (Wildman–Crippen MR) is 103 cm³/mol. The molecule has 3 rings (SSSR count). The zero-order chi connectivity index (χ0) is 19.4. The van der Waals surface area contributed by atoms with Crippen LogP contribution in [0.4, 0.5) is 14.9 Å². The number of thioether (sulfide) groups is 1. The van der Waals surface area contributed by atoms with Crippen LogP contribution in [0.2, 0.25) is 0 Å². The molecule has 0 bridgehead atoms. The van der Waals surface area contributed by atoms with Crippen LogP contribution in [0.3, 0.4) is 0 Å². The van der Waals surface area contributed by atoms with E-state index in [4.69, 9.17) is 10.5 Å². The van der Waals surface area contributed by atoms with Gasteiger partial charge in [-0.1, -0.05) is 36.0 Å². The number of nitrogens with two attached hydrogens (primary N) is 1. The summed E-state index contributed by atoms with van der Waals surface area (Å²) in [6, 6.07) is 10.9. The van der Waals surface area contributed by atoms with E-state index in [1.54, 1.807) is 12.1 Å². The Labute approximate surface area is 160 Å². The molecule has 6 nitrogen and oxygen atoms in total. The second-order valence-electron chi connectivity index (χ2n) is 6.01. The third-order valence-corrected chi connectivity index (χ3v) is 4.79. The van der Waals surface area contributed by atoms with Gasteiger partial charge in [0.05, 0.1) is 24.7 Å². The van der Waals surface area contributed by atoms with E-state index in [2.05, 4.69) is 4.99 Å². The molecule has 2 aromatic rings. The van der Waals surface area contributed by atoms with Gasteiger partial charge in [0, 0.05) is 5.56 Å². The van der Waals surface area contributed by atoms with Crippen LogP contribution in [0.1, 0.15) is 16.7 Å². The minimum Gasteiger partial charge on any atom is -0.372 e. The Morgan fingerprint density at radius 2 is 2.11 bits per heavy atom. The zero-order valence-electron chi connectivity index (χ0n) is 14.6. The highest BCUT2D eigenvalue weighted by molar-refractivity contribution is 8.15. The molecular weight excluding hydrogens is 369 g/mol. The lowest BCUT2D eigenvalue weighted by atomic mass is 10.1. The lowest BCUT2D eigenvalue weighted by molar-refractivity contribution is -0.115. The van der Waals surface area contributed by atoms with Crippen LogP contribution in [-0.2, 0) is 22.7 Å². The van der Waals surface area contributed by atoms with E-state index < -0.39 is 6.03 Å². The molecule has 8 heteroatoms. The number of halogens is 1. The molecule has 2 aromatic carbocycles. The van der Waals surface area contributed by atoms with Crippen LogP contribution in [0.15, 0.2) is 47.5 Å². The number of carbonyl (C=O) groups excluding carboxylic acids is 2. The fourth-order valence-corrected chi connectivity index (χ4v) is 3.55. The topological polar surface area (TPSA) is 85.0 Å². The second kappa shape index (κ2) is 8.32. The van der Waals surface area contributed by atoms with Gasteiger partial charge in [-0.15, -0.1) is 0 Å². The zero-order valence-corrected chi connectivity index (χ0v) is 15.5. The van der Waals surface area contributed by atoms with Gasteiger partial charge in [0.25, 0.3) is 0 Å². The number of benzene rings is 2. The summed E-state index contributed by atoms with van der Waals surface area (Å²) in [6.45, 7) is 2.35. The number of carbonyl (C=O) groups is 2. The summed E-state index contributed by atoms with van der Waals surface area (Å²) in [5, 5.41) is 0.254. The number of rotatable bonds is 5. The smallest absolute Gasteiger partial charge is 0.340 e. The van der Waals surface area contributed by atoms with E-state index in [9.17, 15) is 14.0 Å². The average molecular weight is 387 g/mol. The first kappa shape index (κ1) is 19.1. The third-order valence-electron chi connectivity index (χ3n) is 3.87. The van der Waals surface area contributed by atoms with Gasteiger partial charge >= 0.3 is 6.03 Å². The lowest BCUT2D eigenvalue weighted by Crippen LogP contribution is -2.31. The van der Waals surface area contributed by atoms with E-state index in [0.717, 1.165) is 22.9 Å². The molecule has 0 saturated carbocycles. The standard InChI is InChI=1S/C19H18FN3O3S/c1-12-5-6-14(10-26-9-13-3-2-4-15(20)8-13)16(7-12)23-17(24)11-27-19(23)22-18(21)25/h2-8H,9-11H2,1H3,(H2,21,25). The first-order valence-electron chi connectivity index (χ1n) is 8.19. The van der Waals surface area contributed by atoms with Gasteiger partial charge in [-0.25, -0.2) is 9.18 Å². The number of amidine groups is 1. The maximum absolute atomic E-state index is 13.3. The van der Waals surface area contributed by atoms with Crippen LogP contribution in [0, 0.1) is 12.7 Å². The Morgan fingerprint density at radius 3 is 2.85 bits per heavy atom. The number of aryl methyl sites for hydroxylation is 1. The highest BCUT2D eigenvalue weighted by Crippen LogP contribution is 2.31. The molecule has 0 spiro atoms. The summed E-state index contributed by atoms with van der Waals surface area (Å²) in [5.74, 6) is -0.319. The van der Waals surface area contributed by atoms with Gasteiger partial charge in [-0.05, 0) is 36.2 Å². The fraction of sp³-hybridized carbons (Fsp3) is 0.211. The normalized spacial score (nSPS) is 15.6. The first-order valence-corrected chi connectivity index (χ1v) is 9.18. The highest BCUT2D eigenvalue weighted by Gasteiger charge is 2.31. The third kappa shape index (κ3) is 4.72. The van der Waals surface area contributed by atoms with E-state index in [1.165, 1.54) is 17.0 Å². The monoisotopic (exact) mass is 387 g/mol. The lowest BCUT2D eigenvalue weighted by Gasteiger charge is -2.20. The van der Waals surface area contributed by atoms with Gasteiger partial charge in [0.1, 0.15) is 5.82 Å². The Morgan fingerprint density at radius 1 is 1.30 bits per heavy atom. The number of amides is 3. The maximum atomic E-state index is 13.3. The van der Waals surface area contributed by atoms with Gasteiger partial charge in [-0.3, -0.25) is 9.69 Å². The summed E-state index contributed by atoms with van der Waals surface area (Å²) >= 11 is 1.16. The number of aliphatic imine (C=N–C) groups is 1. The Kier molecular flexibility index (Phi) is 5.88. The Bertz CT molecular complexity index is 917. The van der Waals surface area contributed by atoms with E-state index in [-0.39, 0.29) is 35.9 Å². The Balaban J connectivity index is 1.82. The van der Waals surface area contributed by atoms with Crippen molar-refractivity contribution in [2.45, 2.75) is 20.1 Å². The minimum atomic E-state index is -0.853. The van der Waals surface area contributed by atoms with Crippen molar-refractivity contribution in [3.63, 3.8) is 0 Å². The fourth-order valence-electron chi connectivity index (χ4n) is 2.69. The van der Waals surface area contributed by atoms with Crippen molar-refractivity contribution >= 4 is 34.6 Å².